The van der Waals surface area contributed by atoms with Gasteiger partial charge in [-0.05, 0) is 12.8 Å². The van der Waals surface area contributed by atoms with Crippen LogP contribution in [0.1, 0.15) is 25.7 Å². The fraction of sp³-hybridized carbons (Fsp3) is 1.00. The zero-order valence-electron chi connectivity index (χ0n) is 8.07. The van der Waals surface area contributed by atoms with Gasteiger partial charge in [-0.15, -0.1) is 0 Å². The second-order valence-electron chi connectivity index (χ2n) is 3.60. The Morgan fingerprint density at radius 3 is 2.31 bits per heavy atom. The molecule has 2 N–H and O–H groups in total. The van der Waals surface area contributed by atoms with E-state index in [4.69, 9.17) is 5.73 Å². The summed E-state index contributed by atoms with van der Waals surface area (Å²) >= 11 is 0. The summed E-state index contributed by atoms with van der Waals surface area (Å²) < 4.78 is 24.3. The summed E-state index contributed by atoms with van der Waals surface area (Å²) in [5.74, 6) is 0. The molecule has 13 heavy (non-hydrogen) atoms. The van der Waals surface area contributed by atoms with Crippen molar-refractivity contribution in [2.75, 3.05) is 19.3 Å². The summed E-state index contributed by atoms with van der Waals surface area (Å²) in [6.45, 7) is 0.868. The van der Waals surface area contributed by atoms with Crippen LogP contribution in [0.15, 0.2) is 0 Å². The Hall–Kier alpha value is -0.130. The SMILES string of the molecule is CS(=O)(=O)N(CCN)C1CCCC1. The molecule has 78 valence electrons. The van der Waals surface area contributed by atoms with Crippen LogP contribution in [0.4, 0.5) is 0 Å². The molecule has 0 aliphatic heterocycles. The second kappa shape index (κ2) is 4.39. The molecule has 4 nitrogen and oxygen atoms in total. The van der Waals surface area contributed by atoms with E-state index in [0.29, 0.717) is 13.1 Å². The molecule has 1 rings (SSSR count). The van der Waals surface area contributed by atoms with Gasteiger partial charge in [-0.2, -0.15) is 4.31 Å². The molecule has 0 radical (unpaired) electrons. The molecule has 0 unspecified atom stereocenters. The predicted molar refractivity (Wildman–Crippen MR) is 52.9 cm³/mol. The van der Waals surface area contributed by atoms with Gasteiger partial charge in [-0.25, -0.2) is 8.42 Å². The summed E-state index contributed by atoms with van der Waals surface area (Å²) in [5, 5.41) is 0. The van der Waals surface area contributed by atoms with E-state index in [1.165, 1.54) is 6.26 Å². The number of hydrogen-bond donors (Lipinski definition) is 1. The second-order valence-corrected chi connectivity index (χ2v) is 5.54. The lowest BCUT2D eigenvalue weighted by atomic mass is 10.2. The molecule has 0 amide bonds. The van der Waals surface area contributed by atoms with Gasteiger partial charge < -0.3 is 5.73 Å². The van der Waals surface area contributed by atoms with E-state index in [-0.39, 0.29) is 6.04 Å². The van der Waals surface area contributed by atoms with Crippen LogP contribution in [-0.4, -0.2) is 38.1 Å². The van der Waals surface area contributed by atoms with Crippen LogP contribution in [0, 0.1) is 0 Å². The fourth-order valence-corrected chi connectivity index (χ4v) is 3.13. The molecule has 0 aromatic rings. The van der Waals surface area contributed by atoms with Gasteiger partial charge in [0.2, 0.25) is 10.0 Å². The van der Waals surface area contributed by atoms with Gasteiger partial charge >= 0.3 is 0 Å². The molecule has 0 saturated heterocycles. The minimum Gasteiger partial charge on any atom is -0.329 e. The van der Waals surface area contributed by atoms with Crippen molar-refractivity contribution in [3.8, 4) is 0 Å². The van der Waals surface area contributed by atoms with E-state index >= 15 is 0 Å². The van der Waals surface area contributed by atoms with Crippen LogP contribution in [-0.2, 0) is 10.0 Å². The Morgan fingerprint density at radius 2 is 1.92 bits per heavy atom. The molecule has 5 heteroatoms. The average molecular weight is 206 g/mol. The first-order valence-electron chi connectivity index (χ1n) is 4.72. The number of nitrogens with two attached hydrogens (primary N) is 1. The Labute approximate surface area is 80.1 Å². The molecule has 0 aromatic heterocycles. The van der Waals surface area contributed by atoms with Gasteiger partial charge in [-0.3, -0.25) is 0 Å². The van der Waals surface area contributed by atoms with E-state index in [1.54, 1.807) is 4.31 Å². The van der Waals surface area contributed by atoms with Crippen molar-refractivity contribution in [3.05, 3.63) is 0 Å². The van der Waals surface area contributed by atoms with Gasteiger partial charge in [0, 0.05) is 19.1 Å². The zero-order chi connectivity index (χ0) is 9.90. The third-order valence-corrected chi connectivity index (χ3v) is 3.84. The summed E-state index contributed by atoms with van der Waals surface area (Å²) in [7, 11) is -3.06. The lowest BCUT2D eigenvalue weighted by molar-refractivity contribution is 0.331. The normalized spacial score (nSPS) is 19.9. The van der Waals surface area contributed by atoms with Gasteiger partial charge in [0.05, 0.1) is 6.26 Å². The third kappa shape index (κ3) is 2.93. The van der Waals surface area contributed by atoms with Crippen molar-refractivity contribution < 1.29 is 8.42 Å². The van der Waals surface area contributed by atoms with Crippen molar-refractivity contribution >= 4 is 10.0 Å². The van der Waals surface area contributed by atoms with E-state index in [9.17, 15) is 8.42 Å². The van der Waals surface area contributed by atoms with Crippen molar-refractivity contribution in [2.45, 2.75) is 31.7 Å². The number of hydrogen-bond acceptors (Lipinski definition) is 3. The molecule has 0 aromatic carbocycles. The van der Waals surface area contributed by atoms with Crippen molar-refractivity contribution in [1.82, 2.24) is 4.31 Å². The Morgan fingerprint density at radius 1 is 1.38 bits per heavy atom. The molecule has 0 atom stereocenters. The summed E-state index contributed by atoms with van der Waals surface area (Å²) in [6, 6.07) is 0.207. The quantitative estimate of drug-likeness (QED) is 0.712. The lowest BCUT2D eigenvalue weighted by Gasteiger charge is -2.25. The predicted octanol–water partition coefficient (Wildman–Crippen LogP) is 0.149. The highest BCUT2D eigenvalue weighted by Crippen LogP contribution is 2.24. The van der Waals surface area contributed by atoms with E-state index in [1.807, 2.05) is 0 Å². The smallest absolute Gasteiger partial charge is 0.211 e. The maximum absolute atomic E-state index is 11.4. The van der Waals surface area contributed by atoms with E-state index < -0.39 is 10.0 Å². The minimum atomic E-state index is -3.06. The van der Waals surface area contributed by atoms with Crippen LogP contribution in [0.25, 0.3) is 0 Å². The zero-order valence-corrected chi connectivity index (χ0v) is 8.89. The highest BCUT2D eigenvalue weighted by atomic mass is 32.2. The first kappa shape index (κ1) is 10.9. The molecule has 1 aliphatic carbocycles. The van der Waals surface area contributed by atoms with Gasteiger partial charge in [0.1, 0.15) is 0 Å². The van der Waals surface area contributed by atoms with Crippen LogP contribution >= 0.6 is 0 Å². The Kier molecular flexibility index (Phi) is 3.70. The van der Waals surface area contributed by atoms with Crippen molar-refractivity contribution in [2.24, 2.45) is 5.73 Å². The van der Waals surface area contributed by atoms with Gasteiger partial charge in [0.15, 0.2) is 0 Å². The summed E-state index contributed by atoms with van der Waals surface area (Å²) in [4.78, 5) is 0. The van der Waals surface area contributed by atoms with Crippen LogP contribution in [0.3, 0.4) is 0 Å². The van der Waals surface area contributed by atoms with Crippen LogP contribution < -0.4 is 5.73 Å². The standard InChI is InChI=1S/C8H18N2O2S/c1-13(11,12)10(7-6-9)8-4-2-3-5-8/h8H,2-7,9H2,1H3. The van der Waals surface area contributed by atoms with Crippen molar-refractivity contribution in [1.29, 1.82) is 0 Å². The van der Waals surface area contributed by atoms with Crippen LogP contribution in [0.2, 0.25) is 0 Å². The Bertz CT molecular complexity index is 245. The number of sulfonamides is 1. The first-order valence-corrected chi connectivity index (χ1v) is 6.57. The van der Waals surface area contributed by atoms with Crippen molar-refractivity contribution in [3.63, 3.8) is 0 Å². The van der Waals surface area contributed by atoms with E-state index in [2.05, 4.69) is 0 Å². The minimum absolute atomic E-state index is 0.207. The lowest BCUT2D eigenvalue weighted by Crippen LogP contribution is -2.41. The maximum atomic E-state index is 11.4. The molecule has 1 fully saturated rings. The van der Waals surface area contributed by atoms with Gasteiger partial charge in [0.25, 0.3) is 0 Å². The topological polar surface area (TPSA) is 63.4 Å². The molecule has 1 saturated carbocycles. The molecule has 0 bridgehead atoms. The third-order valence-electron chi connectivity index (χ3n) is 2.51. The highest BCUT2D eigenvalue weighted by molar-refractivity contribution is 7.88. The first-order chi connectivity index (χ1) is 6.05. The number of nitrogens with zero attached hydrogens (tertiary/aromatic N) is 1. The Balaban J connectivity index is 2.66. The monoisotopic (exact) mass is 206 g/mol. The molecular weight excluding hydrogens is 188 g/mol. The van der Waals surface area contributed by atoms with Crippen LogP contribution in [0.5, 0.6) is 0 Å². The fourth-order valence-electron chi connectivity index (χ4n) is 1.94. The highest BCUT2D eigenvalue weighted by Gasteiger charge is 2.28. The molecule has 0 heterocycles. The van der Waals surface area contributed by atoms with Gasteiger partial charge in [-0.1, -0.05) is 12.8 Å². The van der Waals surface area contributed by atoms with E-state index in [0.717, 1.165) is 25.7 Å². The molecule has 1 aliphatic rings. The largest absolute Gasteiger partial charge is 0.329 e. The maximum Gasteiger partial charge on any atom is 0.211 e. The molecule has 0 spiro atoms. The molecular formula is C8H18N2O2S. The summed E-state index contributed by atoms with van der Waals surface area (Å²) in [5.41, 5.74) is 5.39. The average Bonchev–Trinajstić information content (AvgIpc) is 2.49. The number of rotatable bonds is 4. The summed E-state index contributed by atoms with van der Waals surface area (Å²) in [6.07, 6.45) is 5.53.